The molecular formula is C12H14O3. The van der Waals surface area contributed by atoms with E-state index >= 15 is 0 Å². The first-order chi connectivity index (χ1) is 7.20. The van der Waals surface area contributed by atoms with E-state index in [0.717, 1.165) is 0 Å². The second kappa shape index (κ2) is 5.32. The standard InChI is InChI=1S/C12H14O3/c1-3-10(12(14)15-2)11(13)9-7-5-4-6-8-9/h3-8,10-11,13H,1H2,2H3/t10-,11+/m1/s1. The van der Waals surface area contributed by atoms with Gasteiger partial charge in [0, 0.05) is 0 Å². The van der Waals surface area contributed by atoms with E-state index in [2.05, 4.69) is 11.3 Å². The molecule has 0 aliphatic heterocycles. The molecule has 0 heterocycles. The molecule has 0 radical (unpaired) electrons. The second-order valence-electron chi connectivity index (χ2n) is 3.14. The Morgan fingerprint density at radius 2 is 2.07 bits per heavy atom. The third-order valence-corrected chi connectivity index (χ3v) is 2.21. The summed E-state index contributed by atoms with van der Waals surface area (Å²) >= 11 is 0. The van der Waals surface area contributed by atoms with Gasteiger partial charge in [-0.3, -0.25) is 4.79 Å². The first-order valence-corrected chi connectivity index (χ1v) is 4.64. The Hall–Kier alpha value is -1.61. The fourth-order valence-electron chi connectivity index (χ4n) is 1.35. The molecule has 0 aliphatic carbocycles. The number of hydrogen-bond donors (Lipinski definition) is 1. The highest BCUT2D eigenvalue weighted by Crippen LogP contribution is 2.23. The number of aliphatic hydroxyl groups is 1. The van der Waals surface area contributed by atoms with E-state index in [4.69, 9.17) is 0 Å². The molecule has 0 unspecified atom stereocenters. The molecule has 1 aromatic rings. The minimum Gasteiger partial charge on any atom is -0.468 e. The smallest absolute Gasteiger partial charge is 0.315 e. The van der Waals surface area contributed by atoms with Gasteiger partial charge in [-0.1, -0.05) is 36.4 Å². The molecule has 0 fully saturated rings. The van der Waals surface area contributed by atoms with E-state index in [9.17, 15) is 9.90 Å². The van der Waals surface area contributed by atoms with E-state index in [0.29, 0.717) is 5.56 Å². The fourth-order valence-corrected chi connectivity index (χ4v) is 1.35. The fraction of sp³-hybridized carbons (Fsp3) is 0.250. The van der Waals surface area contributed by atoms with Gasteiger partial charge in [-0.25, -0.2) is 0 Å². The maximum Gasteiger partial charge on any atom is 0.315 e. The van der Waals surface area contributed by atoms with Crippen LogP contribution in [-0.2, 0) is 9.53 Å². The van der Waals surface area contributed by atoms with E-state index < -0.39 is 18.0 Å². The molecule has 15 heavy (non-hydrogen) atoms. The quantitative estimate of drug-likeness (QED) is 0.602. The topological polar surface area (TPSA) is 46.5 Å². The Morgan fingerprint density at radius 3 is 2.53 bits per heavy atom. The zero-order valence-electron chi connectivity index (χ0n) is 8.59. The van der Waals surface area contributed by atoms with Crippen LogP contribution in [0.1, 0.15) is 11.7 Å². The highest BCUT2D eigenvalue weighted by molar-refractivity contribution is 5.75. The number of ether oxygens (including phenoxy) is 1. The van der Waals surface area contributed by atoms with E-state index in [1.54, 1.807) is 24.3 Å². The van der Waals surface area contributed by atoms with Crippen molar-refractivity contribution >= 4 is 5.97 Å². The van der Waals surface area contributed by atoms with Gasteiger partial charge >= 0.3 is 5.97 Å². The summed E-state index contributed by atoms with van der Waals surface area (Å²) in [4.78, 5) is 11.3. The molecule has 3 nitrogen and oxygen atoms in total. The molecule has 0 aliphatic rings. The van der Waals surface area contributed by atoms with Crippen molar-refractivity contribution in [1.29, 1.82) is 0 Å². The molecule has 0 saturated carbocycles. The predicted molar refractivity (Wildman–Crippen MR) is 57.1 cm³/mol. The molecule has 0 spiro atoms. The minimum atomic E-state index is -0.906. The van der Waals surface area contributed by atoms with Crippen LogP contribution in [0.15, 0.2) is 43.0 Å². The normalized spacial score (nSPS) is 14.0. The van der Waals surface area contributed by atoms with Crippen LogP contribution in [0.25, 0.3) is 0 Å². The van der Waals surface area contributed by atoms with Gasteiger partial charge in [0.05, 0.1) is 13.2 Å². The lowest BCUT2D eigenvalue weighted by Crippen LogP contribution is -2.21. The third-order valence-electron chi connectivity index (χ3n) is 2.21. The van der Waals surface area contributed by atoms with Crippen LogP contribution in [-0.4, -0.2) is 18.2 Å². The summed E-state index contributed by atoms with van der Waals surface area (Å²) in [6.45, 7) is 3.52. The first kappa shape index (κ1) is 11.5. The molecule has 0 aromatic heterocycles. The zero-order valence-corrected chi connectivity index (χ0v) is 8.59. The summed E-state index contributed by atoms with van der Waals surface area (Å²) in [5, 5.41) is 9.91. The van der Waals surface area contributed by atoms with Crippen LogP contribution in [0.3, 0.4) is 0 Å². The van der Waals surface area contributed by atoms with Crippen LogP contribution in [0.2, 0.25) is 0 Å². The molecule has 2 atom stereocenters. The van der Waals surface area contributed by atoms with Gasteiger partial charge in [0.15, 0.2) is 0 Å². The van der Waals surface area contributed by atoms with Crippen LogP contribution in [0.5, 0.6) is 0 Å². The van der Waals surface area contributed by atoms with Gasteiger partial charge < -0.3 is 9.84 Å². The Bertz CT molecular complexity index is 332. The number of benzene rings is 1. The average molecular weight is 206 g/mol. The predicted octanol–water partition coefficient (Wildman–Crippen LogP) is 1.70. The van der Waals surface area contributed by atoms with Crippen molar-refractivity contribution in [2.24, 2.45) is 5.92 Å². The second-order valence-corrected chi connectivity index (χ2v) is 3.14. The molecule has 1 rings (SSSR count). The maximum atomic E-state index is 11.3. The van der Waals surface area contributed by atoms with Crippen molar-refractivity contribution < 1.29 is 14.6 Å². The van der Waals surface area contributed by atoms with E-state index in [1.807, 2.05) is 6.07 Å². The molecule has 0 bridgehead atoms. The van der Waals surface area contributed by atoms with E-state index in [1.165, 1.54) is 13.2 Å². The monoisotopic (exact) mass is 206 g/mol. The number of hydrogen-bond acceptors (Lipinski definition) is 3. The van der Waals surface area contributed by atoms with Gasteiger partial charge in [0.2, 0.25) is 0 Å². The van der Waals surface area contributed by atoms with Crippen LogP contribution in [0.4, 0.5) is 0 Å². The van der Waals surface area contributed by atoms with Crippen molar-refractivity contribution in [3.8, 4) is 0 Å². The Labute approximate surface area is 89.0 Å². The summed E-state index contributed by atoms with van der Waals surface area (Å²) < 4.78 is 4.58. The zero-order chi connectivity index (χ0) is 11.3. The summed E-state index contributed by atoms with van der Waals surface area (Å²) in [6.07, 6.45) is 0.486. The highest BCUT2D eigenvalue weighted by atomic mass is 16.5. The lowest BCUT2D eigenvalue weighted by atomic mass is 9.96. The van der Waals surface area contributed by atoms with Gasteiger partial charge in [0.25, 0.3) is 0 Å². The van der Waals surface area contributed by atoms with Crippen LogP contribution < -0.4 is 0 Å². The van der Waals surface area contributed by atoms with Gasteiger partial charge in [0.1, 0.15) is 5.92 Å². The Kier molecular flexibility index (Phi) is 4.06. The van der Waals surface area contributed by atoms with Crippen LogP contribution >= 0.6 is 0 Å². The molecule has 0 amide bonds. The van der Waals surface area contributed by atoms with Crippen molar-refractivity contribution in [3.05, 3.63) is 48.6 Å². The number of carbonyl (C=O) groups is 1. The maximum absolute atomic E-state index is 11.3. The van der Waals surface area contributed by atoms with Crippen molar-refractivity contribution in [3.63, 3.8) is 0 Å². The van der Waals surface area contributed by atoms with E-state index in [-0.39, 0.29) is 0 Å². The molecule has 1 aromatic carbocycles. The largest absolute Gasteiger partial charge is 0.468 e. The Morgan fingerprint density at radius 1 is 1.47 bits per heavy atom. The van der Waals surface area contributed by atoms with Gasteiger partial charge in [-0.05, 0) is 5.56 Å². The lowest BCUT2D eigenvalue weighted by Gasteiger charge is -2.17. The lowest BCUT2D eigenvalue weighted by molar-refractivity contribution is -0.147. The van der Waals surface area contributed by atoms with Gasteiger partial charge in [-0.15, -0.1) is 6.58 Å². The summed E-state index contributed by atoms with van der Waals surface area (Å²) in [5.74, 6) is -1.21. The third kappa shape index (κ3) is 2.67. The number of esters is 1. The van der Waals surface area contributed by atoms with Crippen molar-refractivity contribution in [2.45, 2.75) is 6.10 Å². The molecule has 0 saturated heterocycles. The summed E-state index contributed by atoms with van der Waals surface area (Å²) in [5.41, 5.74) is 0.674. The average Bonchev–Trinajstić information content (AvgIpc) is 2.30. The van der Waals surface area contributed by atoms with Crippen molar-refractivity contribution in [2.75, 3.05) is 7.11 Å². The SMILES string of the molecule is C=C[C@@H](C(=O)OC)[C@@H](O)c1ccccc1. The number of aliphatic hydroxyl groups excluding tert-OH is 1. The Balaban J connectivity index is 2.87. The van der Waals surface area contributed by atoms with Crippen LogP contribution in [0, 0.1) is 5.92 Å². The number of rotatable bonds is 4. The summed E-state index contributed by atoms with van der Waals surface area (Å²) in [6, 6.07) is 8.96. The minimum absolute atomic E-state index is 0.485. The van der Waals surface area contributed by atoms with Gasteiger partial charge in [-0.2, -0.15) is 0 Å². The number of methoxy groups -OCH3 is 1. The summed E-state index contributed by atoms with van der Waals surface area (Å²) in [7, 11) is 1.29. The molecule has 80 valence electrons. The highest BCUT2D eigenvalue weighted by Gasteiger charge is 2.25. The molecule has 1 N–H and O–H groups in total. The van der Waals surface area contributed by atoms with Crippen molar-refractivity contribution in [1.82, 2.24) is 0 Å². The first-order valence-electron chi connectivity index (χ1n) is 4.64. The molecular weight excluding hydrogens is 192 g/mol. The molecule has 3 heteroatoms. The number of carbonyl (C=O) groups excluding carboxylic acids is 1.